The molecule has 0 radical (unpaired) electrons. The molecule has 16 heteroatoms. The van der Waals surface area contributed by atoms with Crippen LogP contribution in [0.15, 0.2) is 36.7 Å². The number of nitrogens with one attached hydrogen (secondary N) is 1. The van der Waals surface area contributed by atoms with Crippen LogP contribution in [0.25, 0.3) is 11.2 Å². The van der Waals surface area contributed by atoms with Gasteiger partial charge in [0.05, 0.1) is 19.0 Å². The van der Waals surface area contributed by atoms with Gasteiger partial charge in [0.15, 0.2) is 28.9 Å². The number of aliphatic hydroxyl groups is 1. The zero-order chi connectivity index (χ0) is 30.1. The van der Waals surface area contributed by atoms with Crippen molar-refractivity contribution in [3.8, 4) is 5.75 Å². The van der Waals surface area contributed by atoms with Gasteiger partial charge in [-0.2, -0.15) is 9.97 Å². The number of fused-ring (bicyclic) bond motifs is 1. The Morgan fingerprint density at radius 2 is 2.00 bits per heavy atom. The number of aromatic nitrogens is 4. The minimum Gasteiger partial charge on any atom is -0.462 e. The first-order valence-electron chi connectivity index (χ1n) is 12.9. The maximum Gasteiger partial charge on any atom is 0.323 e. The van der Waals surface area contributed by atoms with E-state index in [9.17, 15) is 9.90 Å². The van der Waals surface area contributed by atoms with Crippen molar-refractivity contribution in [3.05, 3.63) is 36.7 Å². The molecule has 1 saturated heterocycles. The van der Waals surface area contributed by atoms with Crippen molar-refractivity contribution in [2.75, 3.05) is 31.3 Å². The van der Waals surface area contributed by atoms with Crippen LogP contribution in [0.1, 0.15) is 33.9 Å². The Balaban J connectivity index is 1.57. The van der Waals surface area contributed by atoms with Crippen LogP contribution in [-0.2, 0) is 30.6 Å². The largest absolute Gasteiger partial charge is 0.462 e. The van der Waals surface area contributed by atoms with E-state index in [1.807, 2.05) is 0 Å². The number of ether oxygens (including phenoxy) is 2. The van der Waals surface area contributed by atoms with E-state index in [-0.39, 0.29) is 24.3 Å². The first-order chi connectivity index (χ1) is 19.2. The number of benzene rings is 1. The number of aliphatic hydroxyl groups excluding tert-OH is 1. The summed E-state index contributed by atoms with van der Waals surface area (Å²) < 4.78 is 40.7. The molecule has 4 rings (SSSR count). The van der Waals surface area contributed by atoms with E-state index in [2.05, 4.69) is 20.0 Å². The Bertz CT molecular complexity index is 1430. The number of hydrogen-bond donors (Lipinski definition) is 3. The molecule has 0 spiro atoms. The third kappa shape index (κ3) is 6.76. The number of nitrogens with zero attached hydrogens (tertiary/aromatic N) is 5. The monoisotopic (exact) mass is 611 g/mol. The van der Waals surface area contributed by atoms with Gasteiger partial charge < -0.3 is 34.3 Å². The van der Waals surface area contributed by atoms with E-state index >= 15 is 4.39 Å². The predicted octanol–water partition coefficient (Wildman–Crippen LogP) is 2.71. The molecule has 4 N–H and O–H groups in total. The average Bonchev–Trinajstić information content (AvgIpc) is 3.40. The first kappa shape index (κ1) is 31.0. The quantitative estimate of drug-likeness (QED) is 0.215. The summed E-state index contributed by atoms with van der Waals surface area (Å²) in [4.78, 5) is 27.0. The molecule has 3 heterocycles. The van der Waals surface area contributed by atoms with Crippen LogP contribution < -0.4 is 20.2 Å². The number of halogens is 1. The Labute approximate surface area is 242 Å². The molecule has 224 valence electrons. The number of hydrogen-bond acceptors (Lipinski definition) is 12. The number of rotatable bonds is 11. The zero-order valence-electron chi connectivity index (χ0n) is 23.6. The van der Waals surface area contributed by atoms with Gasteiger partial charge in [0.25, 0.3) is 0 Å². The van der Waals surface area contributed by atoms with E-state index in [1.54, 1.807) is 70.1 Å². The summed E-state index contributed by atoms with van der Waals surface area (Å²) in [7, 11) is 3.53. The molecule has 1 fully saturated rings. The Kier molecular flexibility index (Phi) is 9.16. The van der Waals surface area contributed by atoms with Gasteiger partial charge in [0.2, 0.25) is 5.95 Å². The maximum absolute atomic E-state index is 16.1. The van der Waals surface area contributed by atoms with E-state index in [0.717, 1.165) is 0 Å². The Morgan fingerprint density at radius 1 is 1.32 bits per heavy atom. The van der Waals surface area contributed by atoms with Crippen LogP contribution in [0.3, 0.4) is 0 Å². The fraction of sp³-hybridized carbons (Fsp3) is 0.520. The van der Waals surface area contributed by atoms with E-state index < -0.39 is 42.8 Å². The van der Waals surface area contributed by atoms with Gasteiger partial charge in [0.1, 0.15) is 24.0 Å². The van der Waals surface area contributed by atoms with Crippen LogP contribution in [0.4, 0.5) is 16.2 Å². The van der Waals surface area contributed by atoms with E-state index in [0.29, 0.717) is 17.1 Å². The lowest BCUT2D eigenvalue weighted by atomic mass is 9.98. The van der Waals surface area contributed by atoms with Gasteiger partial charge in [-0.3, -0.25) is 9.36 Å². The molecule has 41 heavy (non-hydrogen) atoms. The van der Waals surface area contributed by atoms with Gasteiger partial charge >= 0.3 is 12.6 Å². The minimum absolute atomic E-state index is 0.0307. The molecule has 1 unspecified atom stereocenters. The number of nitrogens with two attached hydrogens (primary N) is 1. The lowest BCUT2D eigenvalue weighted by Gasteiger charge is -2.28. The molecular formula is C25H35FN7O6PS. The summed E-state index contributed by atoms with van der Waals surface area (Å²) in [5.41, 5.74) is 4.24. The fourth-order valence-corrected chi connectivity index (χ4v) is 6.68. The molecule has 1 aromatic carbocycles. The van der Waals surface area contributed by atoms with E-state index in [1.165, 1.54) is 17.8 Å². The van der Waals surface area contributed by atoms with Crippen LogP contribution in [0.5, 0.6) is 5.75 Å². The Morgan fingerprint density at radius 3 is 2.63 bits per heavy atom. The topological polar surface area (TPSA) is 159 Å². The molecule has 0 amide bonds. The predicted molar refractivity (Wildman–Crippen MR) is 155 cm³/mol. The first-order valence-corrected chi connectivity index (χ1v) is 15.5. The molecule has 6 atom stereocenters. The highest BCUT2D eigenvalue weighted by Gasteiger charge is 2.56. The molecule has 1 aliphatic heterocycles. The van der Waals surface area contributed by atoms with Crippen molar-refractivity contribution >= 4 is 47.3 Å². The van der Waals surface area contributed by atoms with Crippen molar-refractivity contribution in [1.29, 1.82) is 0 Å². The third-order valence-electron chi connectivity index (χ3n) is 6.25. The van der Waals surface area contributed by atoms with Crippen molar-refractivity contribution in [2.24, 2.45) is 0 Å². The van der Waals surface area contributed by atoms with Gasteiger partial charge in [-0.25, -0.2) is 14.5 Å². The number of imidazole rings is 1. The summed E-state index contributed by atoms with van der Waals surface area (Å²) in [5, 5.41) is 13.9. The highest BCUT2D eigenvalue weighted by atomic mass is 32.5. The van der Waals surface area contributed by atoms with Crippen LogP contribution in [-0.4, -0.2) is 81.3 Å². The summed E-state index contributed by atoms with van der Waals surface area (Å²) in [6.07, 6.45) is -3.10. The summed E-state index contributed by atoms with van der Waals surface area (Å²) in [6.45, 7) is 2.43. The molecule has 1 aliphatic rings. The number of nitrogen functional groups attached to an aromatic ring is 1. The minimum atomic E-state index is -3.45. The van der Waals surface area contributed by atoms with Crippen molar-refractivity contribution in [3.63, 3.8) is 0 Å². The second kappa shape index (κ2) is 12.1. The number of carbonyl (C=O) groups is 1. The molecule has 0 aliphatic carbocycles. The van der Waals surface area contributed by atoms with Gasteiger partial charge in [-0.15, -0.1) is 0 Å². The highest BCUT2D eigenvalue weighted by Crippen LogP contribution is 2.48. The van der Waals surface area contributed by atoms with Gasteiger partial charge in [-0.1, -0.05) is 18.2 Å². The summed E-state index contributed by atoms with van der Waals surface area (Å²) >= 11 is 5.71. The zero-order valence-corrected chi connectivity index (χ0v) is 25.3. The van der Waals surface area contributed by atoms with Crippen LogP contribution in [0, 0.1) is 0 Å². The van der Waals surface area contributed by atoms with E-state index in [4.69, 9.17) is 36.1 Å². The number of para-hydroxylation sites is 1. The molecular weight excluding hydrogens is 576 g/mol. The Hall–Kier alpha value is -2.94. The third-order valence-corrected chi connectivity index (χ3v) is 8.75. The van der Waals surface area contributed by atoms with Crippen LogP contribution >= 0.6 is 6.64 Å². The average molecular weight is 612 g/mol. The second-order valence-electron chi connectivity index (χ2n) is 10.3. The normalized spacial score (nSPS) is 24.8. The number of anilines is 2. The molecule has 2 aromatic heterocycles. The number of alkyl halides is 1. The maximum atomic E-state index is 16.1. The lowest BCUT2D eigenvalue weighted by molar-refractivity contribution is -0.149. The SMILES string of the molecule is CC(C)OC(=O)[C@@H](C)NP(=S)(OC[C@H]1O[C@@H](n2cnc3c(N(C)C)nc(N)nc32)[C@](C)(F)[C@@H]1O)Oc1ccccc1. The standard InChI is InChI=1S/C25H35FN7O6PS/c1-14(2)37-22(35)15(3)31-40(41,39-16-10-8-7-9-11-16)36-12-17-19(34)25(4,26)23(38-17)33-13-28-18-20(32(5)6)29-24(27)30-21(18)33/h7-11,13-15,17,19,23,34H,12H2,1-6H3,(H,31,41)(H2,27,29,30)/t15-,17-,19-,23-,25-,40?/m1/s1. The van der Waals surface area contributed by atoms with Gasteiger partial charge in [-0.05, 0) is 51.6 Å². The lowest BCUT2D eigenvalue weighted by Crippen LogP contribution is -2.41. The highest BCUT2D eigenvalue weighted by molar-refractivity contribution is 8.09. The molecule has 0 saturated carbocycles. The second-order valence-corrected chi connectivity index (χ2v) is 13.4. The number of esters is 1. The summed E-state index contributed by atoms with van der Waals surface area (Å²) in [5.74, 6) is 0.262. The smallest absolute Gasteiger partial charge is 0.323 e. The van der Waals surface area contributed by atoms with Crippen molar-refractivity contribution < 1.29 is 32.8 Å². The van der Waals surface area contributed by atoms with Crippen molar-refractivity contribution in [1.82, 2.24) is 24.6 Å². The fourth-order valence-electron chi connectivity index (χ4n) is 4.26. The number of carbonyl (C=O) groups excluding carboxylic acids is 1. The molecule has 13 nitrogen and oxygen atoms in total. The molecule has 0 bridgehead atoms. The van der Waals surface area contributed by atoms with Crippen LogP contribution in [0.2, 0.25) is 0 Å². The molecule has 3 aromatic rings. The van der Waals surface area contributed by atoms with Gasteiger partial charge in [0, 0.05) is 14.1 Å². The summed E-state index contributed by atoms with van der Waals surface area (Å²) in [6, 6.07) is 7.78. The van der Waals surface area contributed by atoms with Crippen molar-refractivity contribution in [2.45, 2.75) is 63.9 Å².